The van der Waals surface area contributed by atoms with Crippen LogP contribution in [0.2, 0.25) is 0 Å². The lowest BCUT2D eigenvalue weighted by atomic mass is 10.1. The molecule has 8 heteroatoms. The third-order valence-corrected chi connectivity index (χ3v) is 7.80. The number of rotatable bonds is 10. The molecule has 1 fully saturated rings. The van der Waals surface area contributed by atoms with Gasteiger partial charge in [0, 0.05) is 46.0 Å². The molecule has 0 bridgehead atoms. The Morgan fingerprint density at radius 3 is 2.36 bits per heavy atom. The molecule has 2 aromatic carbocycles. The summed E-state index contributed by atoms with van der Waals surface area (Å²) in [5, 5.41) is 3.00. The van der Waals surface area contributed by atoms with Gasteiger partial charge in [-0.2, -0.15) is 0 Å². The molecule has 0 unspecified atom stereocenters. The third-order valence-electron chi connectivity index (χ3n) is 5.99. The minimum atomic E-state index is -3.62. The summed E-state index contributed by atoms with van der Waals surface area (Å²) in [6.45, 7) is 4.00. The summed E-state index contributed by atoms with van der Waals surface area (Å²) >= 11 is 0. The maximum Gasteiger partial charge on any atom is 0.253 e. The Morgan fingerprint density at radius 2 is 1.70 bits per heavy atom. The molecular weight excluding hydrogens is 436 g/mol. The van der Waals surface area contributed by atoms with E-state index in [0.717, 1.165) is 51.1 Å². The van der Waals surface area contributed by atoms with Gasteiger partial charge < -0.3 is 15.1 Å². The van der Waals surface area contributed by atoms with Gasteiger partial charge in [-0.1, -0.05) is 30.3 Å². The van der Waals surface area contributed by atoms with Crippen LogP contribution in [0.25, 0.3) is 0 Å². The van der Waals surface area contributed by atoms with E-state index >= 15 is 0 Å². The molecule has 1 saturated heterocycles. The highest BCUT2D eigenvalue weighted by atomic mass is 32.2. The SMILES string of the molecule is CN(CCCNC(=O)c1cc(S(=O)(=O)N(C)C)ccc1N1CCCCC1)Cc1ccccc1. The zero-order valence-electron chi connectivity index (χ0n) is 20.0. The van der Waals surface area contributed by atoms with Gasteiger partial charge in [0.25, 0.3) is 5.91 Å². The van der Waals surface area contributed by atoms with Crippen LogP contribution >= 0.6 is 0 Å². The van der Waals surface area contributed by atoms with Crippen molar-refractivity contribution in [3.8, 4) is 0 Å². The second-order valence-corrected chi connectivity index (χ2v) is 11.0. The zero-order chi connectivity index (χ0) is 23.8. The molecule has 3 rings (SSSR count). The van der Waals surface area contributed by atoms with Gasteiger partial charge in [0.05, 0.1) is 10.5 Å². The standard InChI is InChI=1S/C25H36N4O3S/c1-27(2)33(31,32)22-13-14-24(29-17-8-5-9-18-29)23(19-22)25(30)26-15-10-16-28(3)20-21-11-6-4-7-12-21/h4,6-7,11-14,19H,5,8-10,15-18,20H2,1-3H3,(H,26,30). The van der Waals surface area contributed by atoms with Gasteiger partial charge in [-0.15, -0.1) is 0 Å². The first-order valence-corrected chi connectivity index (χ1v) is 13.1. The Balaban J connectivity index is 1.66. The van der Waals surface area contributed by atoms with Crippen LogP contribution in [0.4, 0.5) is 5.69 Å². The van der Waals surface area contributed by atoms with Gasteiger partial charge >= 0.3 is 0 Å². The molecule has 33 heavy (non-hydrogen) atoms. The number of nitrogens with one attached hydrogen (secondary N) is 1. The monoisotopic (exact) mass is 472 g/mol. The second-order valence-electron chi connectivity index (χ2n) is 8.85. The maximum atomic E-state index is 13.1. The third kappa shape index (κ3) is 6.79. The van der Waals surface area contributed by atoms with Gasteiger partial charge in [-0.05, 0) is 63.0 Å². The van der Waals surface area contributed by atoms with E-state index in [1.54, 1.807) is 12.1 Å². The number of carbonyl (C=O) groups excluding carboxylic acids is 1. The number of amides is 1. The molecule has 1 aliphatic heterocycles. The molecule has 7 nitrogen and oxygen atoms in total. The largest absolute Gasteiger partial charge is 0.371 e. The zero-order valence-corrected chi connectivity index (χ0v) is 20.8. The van der Waals surface area contributed by atoms with E-state index in [-0.39, 0.29) is 10.8 Å². The molecule has 1 N–H and O–H groups in total. The summed E-state index contributed by atoms with van der Waals surface area (Å²) in [6, 6.07) is 15.2. The first kappa shape index (κ1) is 25.2. The minimum absolute atomic E-state index is 0.140. The Labute approximate surface area is 198 Å². The van der Waals surface area contributed by atoms with Gasteiger partial charge in [-0.3, -0.25) is 4.79 Å². The molecule has 0 aliphatic carbocycles. The van der Waals surface area contributed by atoms with Crippen LogP contribution in [0, 0.1) is 0 Å². The topological polar surface area (TPSA) is 73.0 Å². The predicted octanol–water partition coefficient (Wildman–Crippen LogP) is 3.18. The molecule has 0 aromatic heterocycles. The quantitative estimate of drug-likeness (QED) is 0.538. The first-order valence-electron chi connectivity index (χ1n) is 11.6. The van der Waals surface area contributed by atoms with Crippen molar-refractivity contribution in [2.24, 2.45) is 0 Å². The number of sulfonamides is 1. The summed E-state index contributed by atoms with van der Waals surface area (Å²) in [5.74, 6) is -0.225. The van der Waals surface area contributed by atoms with Crippen molar-refractivity contribution in [2.75, 3.05) is 52.2 Å². The predicted molar refractivity (Wildman–Crippen MR) is 133 cm³/mol. The first-order chi connectivity index (χ1) is 15.8. The van der Waals surface area contributed by atoms with E-state index in [4.69, 9.17) is 0 Å². The van der Waals surface area contributed by atoms with Crippen molar-refractivity contribution < 1.29 is 13.2 Å². The van der Waals surface area contributed by atoms with E-state index < -0.39 is 10.0 Å². The van der Waals surface area contributed by atoms with Crippen molar-refractivity contribution in [2.45, 2.75) is 37.1 Å². The number of carbonyl (C=O) groups is 1. The molecular formula is C25H36N4O3S. The molecule has 1 amide bonds. The fourth-order valence-electron chi connectivity index (χ4n) is 4.10. The Kier molecular flexibility index (Phi) is 8.88. The van der Waals surface area contributed by atoms with Crippen LogP contribution in [0.5, 0.6) is 0 Å². The number of hydrogen-bond acceptors (Lipinski definition) is 5. The van der Waals surface area contributed by atoms with Crippen LogP contribution in [-0.4, -0.2) is 70.9 Å². The average Bonchev–Trinajstić information content (AvgIpc) is 2.82. The molecule has 0 radical (unpaired) electrons. The Hall–Kier alpha value is -2.42. The highest BCUT2D eigenvalue weighted by Gasteiger charge is 2.24. The van der Waals surface area contributed by atoms with Crippen LogP contribution in [0.15, 0.2) is 53.4 Å². The van der Waals surface area contributed by atoms with Crippen molar-refractivity contribution in [3.63, 3.8) is 0 Å². The lowest BCUT2D eigenvalue weighted by molar-refractivity contribution is 0.0952. The van der Waals surface area contributed by atoms with Crippen molar-refractivity contribution in [1.29, 1.82) is 0 Å². The lowest BCUT2D eigenvalue weighted by Gasteiger charge is -2.30. The Morgan fingerprint density at radius 1 is 1.00 bits per heavy atom. The molecule has 0 saturated carbocycles. The van der Waals surface area contributed by atoms with Crippen molar-refractivity contribution >= 4 is 21.6 Å². The van der Waals surface area contributed by atoms with E-state index in [1.165, 1.54) is 36.5 Å². The number of hydrogen-bond donors (Lipinski definition) is 1. The summed E-state index contributed by atoms with van der Waals surface area (Å²) in [6.07, 6.45) is 4.14. The van der Waals surface area contributed by atoms with E-state index in [2.05, 4.69) is 34.3 Å². The smallest absolute Gasteiger partial charge is 0.253 e. The fraction of sp³-hybridized carbons (Fsp3) is 0.480. The van der Waals surface area contributed by atoms with E-state index in [1.807, 2.05) is 18.2 Å². The minimum Gasteiger partial charge on any atom is -0.371 e. The average molecular weight is 473 g/mol. The molecule has 0 atom stereocenters. The summed E-state index contributed by atoms with van der Waals surface area (Å²) in [5.41, 5.74) is 2.50. The van der Waals surface area contributed by atoms with Crippen LogP contribution in [0.1, 0.15) is 41.6 Å². The van der Waals surface area contributed by atoms with Gasteiger partial charge in [-0.25, -0.2) is 12.7 Å². The van der Waals surface area contributed by atoms with Crippen molar-refractivity contribution in [3.05, 3.63) is 59.7 Å². The van der Waals surface area contributed by atoms with Gasteiger partial charge in [0.1, 0.15) is 0 Å². The van der Waals surface area contributed by atoms with Crippen molar-refractivity contribution in [1.82, 2.24) is 14.5 Å². The number of piperidine rings is 1. The van der Waals surface area contributed by atoms with E-state index in [0.29, 0.717) is 12.1 Å². The van der Waals surface area contributed by atoms with Gasteiger partial charge in [0.2, 0.25) is 10.0 Å². The summed E-state index contributed by atoms with van der Waals surface area (Å²) in [4.78, 5) is 17.7. The highest BCUT2D eigenvalue weighted by Crippen LogP contribution is 2.28. The highest BCUT2D eigenvalue weighted by molar-refractivity contribution is 7.89. The summed E-state index contributed by atoms with van der Waals surface area (Å²) < 4.78 is 26.5. The summed E-state index contributed by atoms with van der Waals surface area (Å²) in [7, 11) is 1.45. The second kappa shape index (κ2) is 11.6. The molecule has 180 valence electrons. The van der Waals surface area contributed by atoms with E-state index in [9.17, 15) is 13.2 Å². The number of benzene rings is 2. The van der Waals surface area contributed by atoms with Gasteiger partial charge in [0.15, 0.2) is 0 Å². The van der Waals surface area contributed by atoms with Crippen LogP contribution < -0.4 is 10.2 Å². The number of nitrogens with zero attached hydrogens (tertiary/aromatic N) is 3. The Bertz CT molecular complexity index is 1020. The molecule has 0 spiro atoms. The van der Waals surface area contributed by atoms with Crippen LogP contribution in [-0.2, 0) is 16.6 Å². The lowest BCUT2D eigenvalue weighted by Crippen LogP contribution is -2.34. The molecule has 1 heterocycles. The normalized spacial score (nSPS) is 14.6. The number of anilines is 1. The molecule has 1 aliphatic rings. The molecule has 2 aromatic rings. The van der Waals surface area contributed by atoms with Crippen LogP contribution in [0.3, 0.4) is 0 Å². The maximum absolute atomic E-state index is 13.1. The fourth-order valence-corrected chi connectivity index (χ4v) is 5.03.